The quantitative estimate of drug-likeness (QED) is 0.703. The predicted octanol–water partition coefficient (Wildman–Crippen LogP) is 2.11. The van der Waals surface area contributed by atoms with Gasteiger partial charge in [-0.2, -0.15) is 0 Å². The lowest BCUT2D eigenvalue weighted by Gasteiger charge is -2.24. The molecule has 1 aliphatic rings. The van der Waals surface area contributed by atoms with E-state index in [2.05, 4.69) is 24.1 Å². The zero-order valence-corrected chi connectivity index (χ0v) is 9.89. The highest BCUT2D eigenvalue weighted by atomic mass is 15.1. The van der Waals surface area contributed by atoms with Gasteiger partial charge in [-0.1, -0.05) is 13.8 Å². The van der Waals surface area contributed by atoms with Crippen LogP contribution in [-0.2, 0) is 0 Å². The van der Waals surface area contributed by atoms with Gasteiger partial charge in [0.05, 0.1) is 0 Å². The van der Waals surface area contributed by atoms with Crippen molar-refractivity contribution in [2.45, 2.75) is 39.5 Å². The Morgan fingerprint density at radius 2 is 2.07 bits per heavy atom. The van der Waals surface area contributed by atoms with Crippen LogP contribution in [-0.4, -0.2) is 37.6 Å². The Labute approximate surface area is 89.1 Å². The van der Waals surface area contributed by atoms with E-state index in [-0.39, 0.29) is 0 Å². The molecule has 1 atom stereocenters. The van der Waals surface area contributed by atoms with Crippen LogP contribution >= 0.6 is 0 Å². The Hall–Kier alpha value is -0.0800. The monoisotopic (exact) mass is 198 g/mol. The zero-order chi connectivity index (χ0) is 10.2. The fourth-order valence-electron chi connectivity index (χ4n) is 2.31. The highest BCUT2D eigenvalue weighted by Gasteiger charge is 2.12. The van der Waals surface area contributed by atoms with Gasteiger partial charge in [0.1, 0.15) is 0 Å². The highest BCUT2D eigenvalue weighted by molar-refractivity contribution is 4.69. The van der Waals surface area contributed by atoms with Crippen LogP contribution in [0.25, 0.3) is 0 Å². The van der Waals surface area contributed by atoms with Gasteiger partial charge in [-0.25, -0.2) is 0 Å². The topological polar surface area (TPSA) is 15.3 Å². The number of rotatable bonds is 6. The lowest BCUT2D eigenvalue weighted by atomic mass is 9.95. The summed E-state index contributed by atoms with van der Waals surface area (Å²) in [5, 5.41) is 3.49. The number of piperidine rings is 1. The summed E-state index contributed by atoms with van der Waals surface area (Å²) >= 11 is 0. The summed E-state index contributed by atoms with van der Waals surface area (Å²) < 4.78 is 0. The van der Waals surface area contributed by atoms with Gasteiger partial charge in [0.15, 0.2) is 0 Å². The third-order valence-electron chi connectivity index (χ3n) is 3.38. The maximum absolute atomic E-state index is 3.49. The van der Waals surface area contributed by atoms with Gasteiger partial charge in [0.2, 0.25) is 0 Å². The molecule has 1 fully saturated rings. The lowest BCUT2D eigenvalue weighted by molar-refractivity contribution is 0.273. The van der Waals surface area contributed by atoms with Gasteiger partial charge in [-0.15, -0.1) is 0 Å². The van der Waals surface area contributed by atoms with E-state index in [1.165, 1.54) is 58.4 Å². The molecule has 14 heavy (non-hydrogen) atoms. The second-order valence-electron chi connectivity index (χ2n) is 4.38. The van der Waals surface area contributed by atoms with Crippen LogP contribution in [0.15, 0.2) is 0 Å². The SMILES string of the molecule is CCN(CC)CCC[C@@H]1CCCNC1. The molecule has 1 N–H and O–H groups in total. The number of nitrogens with zero attached hydrogens (tertiary/aromatic N) is 1. The summed E-state index contributed by atoms with van der Waals surface area (Å²) in [5.74, 6) is 0.958. The smallest absolute Gasteiger partial charge is 0.00189 e. The molecule has 0 aromatic rings. The molecule has 1 aliphatic heterocycles. The maximum Gasteiger partial charge on any atom is -0.00189 e. The summed E-state index contributed by atoms with van der Waals surface area (Å²) in [6.07, 6.45) is 5.64. The molecule has 1 heterocycles. The van der Waals surface area contributed by atoms with E-state index in [4.69, 9.17) is 0 Å². The Kier molecular flexibility index (Phi) is 6.20. The van der Waals surface area contributed by atoms with Crippen molar-refractivity contribution in [3.05, 3.63) is 0 Å². The fraction of sp³-hybridized carbons (Fsp3) is 1.00. The van der Waals surface area contributed by atoms with Crippen molar-refractivity contribution in [2.24, 2.45) is 5.92 Å². The van der Waals surface area contributed by atoms with Gasteiger partial charge in [0, 0.05) is 0 Å². The van der Waals surface area contributed by atoms with Crippen molar-refractivity contribution in [1.82, 2.24) is 10.2 Å². The Morgan fingerprint density at radius 3 is 2.64 bits per heavy atom. The summed E-state index contributed by atoms with van der Waals surface area (Å²) in [7, 11) is 0. The molecule has 0 saturated carbocycles. The number of nitrogens with one attached hydrogen (secondary N) is 1. The van der Waals surface area contributed by atoms with E-state index >= 15 is 0 Å². The molecule has 0 aromatic carbocycles. The van der Waals surface area contributed by atoms with Crippen molar-refractivity contribution in [3.8, 4) is 0 Å². The molecular formula is C12H26N2. The van der Waals surface area contributed by atoms with Crippen molar-refractivity contribution >= 4 is 0 Å². The summed E-state index contributed by atoms with van der Waals surface area (Å²) in [6.45, 7) is 10.7. The predicted molar refractivity (Wildman–Crippen MR) is 62.6 cm³/mol. The molecule has 0 amide bonds. The third-order valence-corrected chi connectivity index (χ3v) is 3.38. The van der Waals surface area contributed by atoms with Gasteiger partial charge in [-0.05, 0) is 64.3 Å². The normalized spacial score (nSPS) is 22.9. The van der Waals surface area contributed by atoms with Crippen LogP contribution in [0.4, 0.5) is 0 Å². The Morgan fingerprint density at radius 1 is 1.29 bits per heavy atom. The summed E-state index contributed by atoms with van der Waals surface area (Å²) in [4.78, 5) is 2.52. The highest BCUT2D eigenvalue weighted by Crippen LogP contribution is 2.15. The molecule has 0 radical (unpaired) electrons. The van der Waals surface area contributed by atoms with Crippen LogP contribution in [0.3, 0.4) is 0 Å². The summed E-state index contributed by atoms with van der Waals surface area (Å²) in [5.41, 5.74) is 0. The van der Waals surface area contributed by atoms with Crippen LogP contribution < -0.4 is 5.32 Å². The largest absolute Gasteiger partial charge is 0.316 e. The molecule has 0 aliphatic carbocycles. The standard InChI is InChI=1S/C12H26N2/c1-3-14(4-2)10-6-8-12-7-5-9-13-11-12/h12-13H,3-11H2,1-2H3/t12-/m0/s1. The lowest BCUT2D eigenvalue weighted by Crippen LogP contribution is -2.30. The first kappa shape index (κ1) is 12.0. The molecule has 1 saturated heterocycles. The van der Waals surface area contributed by atoms with Crippen LogP contribution in [0.1, 0.15) is 39.5 Å². The second-order valence-corrected chi connectivity index (χ2v) is 4.38. The van der Waals surface area contributed by atoms with E-state index < -0.39 is 0 Å². The van der Waals surface area contributed by atoms with Crippen molar-refractivity contribution in [1.29, 1.82) is 0 Å². The van der Waals surface area contributed by atoms with Crippen molar-refractivity contribution in [2.75, 3.05) is 32.7 Å². The molecule has 0 aromatic heterocycles. The Bertz CT molecular complexity index is 126. The van der Waals surface area contributed by atoms with Gasteiger partial charge >= 0.3 is 0 Å². The number of hydrogen-bond acceptors (Lipinski definition) is 2. The summed E-state index contributed by atoms with van der Waals surface area (Å²) in [6, 6.07) is 0. The van der Waals surface area contributed by atoms with Crippen LogP contribution in [0, 0.1) is 5.92 Å². The van der Waals surface area contributed by atoms with Gasteiger partial charge < -0.3 is 10.2 Å². The first-order valence-electron chi connectivity index (χ1n) is 6.29. The molecular weight excluding hydrogens is 172 g/mol. The second kappa shape index (κ2) is 7.24. The van der Waals surface area contributed by atoms with Gasteiger partial charge in [-0.3, -0.25) is 0 Å². The van der Waals surface area contributed by atoms with E-state index in [1.807, 2.05) is 0 Å². The minimum atomic E-state index is 0.958. The molecule has 2 nitrogen and oxygen atoms in total. The third kappa shape index (κ3) is 4.43. The van der Waals surface area contributed by atoms with Crippen molar-refractivity contribution < 1.29 is 0 Å². The van der Waals surface area contributed by atoms with E-state index in [9.17, 15) is 0 Å². The molecule has 0 bridgehead atoms. The van der Waals surface area contributed by atoms with E-state index in [0.717, 1.165) is 5.92 Å². The van der Waals surface area contributed by atoms with E-state index in [1.54, 1.807) is 0 Å². The zero-order valence-electron chi connectivity index (χ0n) is 9.89. The molecule has 0 spiro atoms. The maximum atomic E-state index is 3.49. The van der Waals surface area contributed by atoms with Gasteiger partial charge in [0.25, 0.3) is 0 Å². The number of hydrogen-bond donors (Lipinski definition) is 1. The average molecular weight is 198 g/mol. The van der Waals surface area contributed by atoms with Crippen LogP contribution in [0.2, 0.25) is 0 Å². The van der Waals surface area contributed by atoms with Crippen molar-refractivity contribution in [3.63, 3.8) is 0 Å². The van der Waals surface area contributed by atoms with E-state index in [0.29, 0.717) is 0 Å². The minimum Gasteiger partial charge on any atom is -0.316 e. The fourth-order valence-corrected chi connectivity index (χ4v) is 2.31. The van der Waals surface area contributed by atoms with Crippen LogP contribution in [0.5, 0.6) is 0 Å². The molecule has 0 unspecified atom stereocenters. The Balaban J connectivity index is 2.01. The average Bonchev–Trinajstić information content (AvgIpc) is 2.26. The first-order chi connectivity index (χ1) is 6.86. The first-order valence-corrected chi connectivity index (χ1v) is 6.29. The minimum absolute atomic E-state index is 0.958. The molecule has 84 valence electrons. The molecule has 2 heteroatoms. The molecule has 1 rings (SSSR count).